The first kappa shape index (κ1) is 15.5. The van der Waals surface area contributed by atoms with Crippen LogP contribution >= 0.6 is 0 Å². The fraction of sp³-hybridized carbons (Fsp3) is 0.667. The zero-order valence-corrected chi connectivity index (χ0v) is 11.0. The molecule has 0 heterocycles. The normalized spacial score (nSPS) is 11.1. The van der Waals surface area contributed by atoms with E-state index in [4.69, 9.17) is 5.11 Å². The lowest BCUT2D eigenvalue weighted by molar-refractivity contribution is -0.146. The smallest absolute Gasteiger partial charge is 0.317 e. The summed E-state index contributed by atoms with van der Waals surface area (Å²) in [4.78, 5) is 24.3. The molecule has 0 aromatic heterocycles. The summed E-state index contributed by atoms with van der Waals surface area (Å²) in [6.07, 6.45) is 1.64. The molecule has 0 atom stereocenters. The molecule has 0 unspecified atom stereocenters. The van der Waals surface area contributed by atoms with Crippen molar-refractivity contribution in [3.05, 3.63) is 12.7 Å². The molecule has 0 aliphatic rings. The number of carboxylic acids is 1. The van der Waals surface area contributed by atoms with E-state index in [1.165, 1.54) is 0 Å². The van der Waals surface area contributed by atoms with Gasteiger partial charge in [-0.2, -0.15) is 0 Å². The van der Waals surface area contributed by atoms with Crippen LogP contribution in [0.25, 0.3) is 0 Å². The Kier molecular flexibility index (Phi) is 5.71. The van der Waals surface area contributed by atoms with Crippen LogP contribution in [0.5, 0.6) is 0 Å². The molecule has 0 aromatic carbocycles. The second-order valence-corrected chi connectivity index (χ2v) is 4.88. The molecule has 0 aliphatic heterocycles. The Morgan fingerprint density at radius 2 is 2.00 bits per heavy atom. The third-order valence-electron chi connectivity index (χ3n) is 2.47. The van der Waals surface area contributed by atoms with E-state index in [1.807, 2.05) is 13.8 Å². The van der Waals surface area contributed by atoms with Gasteiger partial charge in [0.25, 0.3) is 0 Å². The van der Waals surface area contributed by atoms with Gasteiger partial charge < -0.3 is 15.3 Å². The van der Waals surface area contributed by atoms with Gasteiger partial charge in [0.05, 0.1) is 5.41 Å². The lowest BCUT2D eigenvalue weighted by Crippen LogP contribution is -2.48. The molecule has 2 N–H and O–H groups in total. The average molecular weight is 242 g/mol. The molecule has 2 amide bonds. The Bertz CT molecular complexity index is 298. The number of hydrogen-bond donors (Lipinski definition) is 2. The summed E-state index contributed by atoms with van der Waals surface area (Å²) in [6.45, 7) is 11.1. The molecule has 5 nitrogen and oxygen atoms in total. The van der Waals surface area contributed by atoms with E-state index in [0.29, 0.717) is 6.54 Å². The van der Waals surface area contributed by atoms with Crippen LogP contribution in [-0.4, -0.2) is 41.1 Å². The first-order valence-electron chi connectivity index (χ1n) is 5.61. The number of hydrogen-bond acceptors (Lipinski definition) is 2. The van der Waals surface area contributed by atoms with E-state index in [2.05, 4.69) is 11.9 Å². The largest absolute Gasteiger partial charge is 0.481 e. The molecule has 0 saturated heterocycles. The fourth-order valence-electron chi connectivity index (χ4n) is 1.14. The second-order valence-electron chi connectivity index (χ2n) is 4.88. The van der Waals surface area contributed by atoms with Crippen LogP contribution in [-0.2, 0) is 4.79 Å². The first-order chi connectivity index (χ1) is 7.72. The minimum atomic E-state index is -0.966. The van der Waals surface area contributed by atoms with Gasteiger partial charge in [-0.05, 0) is 27.7 Å². The number of amides is 2. The lowest BCUT2D eigenvalue weighted by Gasteiger charge is -2.27. The second kappa shape index (κ2) is 6.27. The number of nitrogens with zero attached hydrogens (tertiary/aromatic N) is 1. The Balaban J connectivity index is 4.43. The SMILES string of the molecule is C=CCN(C(=O)NCC(C)(C)C(=O)O)C(C)C. The van der Waals surface area contributed by atoms with Gasteiger partial charge >= 0.3 is 12.0 Å². The highest BCUT2D eigenvalue weighted by Gasteiger charge is 2.28. The fourth-order valence-corrected chi connectivity index (χ4v) is 1.14. The highest BCUT2D eigenvalue weighted by Crippen LogP contribution is 2.13. The van der Waals surface area contributed by atoms with Crippen LogP contribution in [0.4, 0.5) is 4.79 Å². The van der Waals surface area contributed by atoms with Gasteiger partial charge in [-0.25, -0.2) is 4.79 Å². The summed E-state index contributed by atoms with van der Waals surface area (Å²) < 4.78 is 0. The van der Waals surface area contributed by atoms with Crippen molar-refractivity contribution in [2.75, 3.05) is 13.1 Å². The van der Waals surface area contributed by atoms with Gasteiger partial charge in [0.2, 0.25) is 0 Å². The van der Waals surface area contributed by atoms with Gasteiger partial charge in [0.15, 0.2) is 0 Å². The van der Waals surface area contributed by atoms with E-state index < -0.39 is 11.4 Å². The summed E-state index contributed by atoms with van der Waals surface area (Å²) in [5.74, 6) is -0.933. The minimum absolute atomic E-state index is 0.0425. The number of carbonyl (C=O) groups excluding carboxylic acids is 1. The van der Waals surface area contributed by atoms with Crippen molar-refractivity contribution in [1.29, 1.82) is 0 Å². The number of rotatable bonds is 6. The molecule has 0 aromatic rings. The van der Waals surface area contributed by atoms with Crippen LogP contribution < -0.4 is 5.32 Å². The zero-order valence-electron chi connectivity index (χ0n) is 11.0. The van der Waals surface area contributed by atoms with Gasteiger partial charge in [-0.3, -0.25) is 4.79 Å². The maximum atomic E-state index is 11.8. The highest BCUT2D eigenvalue weighted by atomic mass is 16.4. The molecule has 17 heavy (non-hydrogen) atoms. The maximum absolute atomic E-state index is 11.8. The molecule has 5 heteroatoms. The number of urea groups is 1. The van der Waals surface area contributed by atoms with E-state index in [1.54, 1.807) is 24.8 Å². The monoisotopic (exact) mass is 242 g/mol. The van der Waals surface area contributed by atoms with E-state index in [0.717, 1.165) is 0 Å². The van der Waals surface area contributed by atoms with Gasteiger partial charge in [-0.15, -0.1) is 6.58 Å². The molecule has 0 rings (SSSR count). The molecule has 0 spiro atoms. The molecule has 98 valence electrons. The molecule has 0 aliphatic carbocycles. The van der Waals surface area contributed by atoms with Crippen LogP contribution in [0.15, 0.2) is 12.7 Å². The van der Waals surface area contributed by atoms with Crippen molar-refractivity contribution < 1.29 is 14.7 Å². The van der Waals surface area contributed by atoms with Gasteiger partial charge in [0.1, 0.15) is 0 Å². The molecular weight excluding hydrogens is 220 g/mol. The lowest BCUT2D eigenvalue weighted by atomic mass is 9.94. The molecule has 0 fully saturated rings. The Hall–Kier alpha value is -1.52. The molecule has 0 radical (unpaired) electrons. The summed E-state index contributed by atoms with van der Waals surface area (Å²) in [7, 11) is 0. The molecule has 0 bridgehead atoms. The van der Waals surface area contributed by atoms with Crippen molar-refractivity contribution in [3.63, 3.8) is 0 Å². The summed E-state index contributed by atoms with van der Waals surface area (Å²) in [5, 5.41) is 11.6. The maximum Gasteiger partial charge on any atom is 0.317 e. The van der Waals surface area contributed by atoms with E-state index in [9.17, 15) is 9.59 Å². The van der Waals surface area contributed by atoms with Crippen molar-refractivity contribution in [1.82, 2.24) is 10.2 Å². The van der Waals surface area contributed by atoms with Crippen molar-refractivity contribution in [2.45, 2.75) is 33.7 Å². The molecule has 0 saturated carbocycles. The standard InChI is InChI=1S/C12H22N2O3/c1-6-7-14(9(2)3)11(17)13-8-12(4,5)10(15)16/h6,9H,1,7-8H2,2-5H3,(H,13,17)(H,15,16). The van der Waals surface area contributed by atoms with Crippen LogP contribution in [0.1, 0.15) is 27.7 Å². The van der Waals surface area contributed by atoms with Crippen molar-refractivity contribution in [2.24, 2.45) is 5.41 Å². The van der Waals surface area contributed by atoms with Crippen LogP contribution in [0.2, 0.25) is 0 Å². The Morgan fingerprint density at radius 1 is 1.47 bits per heavy atom. The number of carbonyl (C=O) groups is 2. The van der Waals surface area contributed by atoms with Crippen LogP contribution in [0, 0.1) is 5.41 Å². The van der Waals surface area contributed by atoms with Crippen molar-refractivity contribution >= 4 is 12.0 Å². The summed E-state index contributed by atoms with van der Waals surface area (Å²) in [6, 6.07) is -0.227. The van der Waals surface area contributed by atoms with E-state index >= 15 is 0 Å². The van der Waals surface area contributed by atoms with E-state index in [-0.39, 0.29) is 18.6 Å². The minimum Gasteiger partial charge on any atom is -0.481 e. The average Bonchev–Trinajstić information content (AvgIpc) is 2.22. The highest BCUT2D eigenvalue weighted by molar-refractivity contribution is 5.77. The van der Waals surface area contributed by atoms with Gasteiger partial charge in [-0.1, -0.05) is 6.08 Å². The third kappa shape index (κ3) is 4.89. The number of carboxylic acid groups (broad SMARTS) is 1. The quantitative estimate of drug-likeness (QED) is 0.696. The predicted octanol–water partition coefficient (Wildman–Crippen LogP) is 1.70. The van der Waals surface area contributed by atoms with Crippen LogP contribution in [0.3, 0.4) is 0 Å². The summed E-state index contributed by atoms with van der Waals surface area (Å²) in [5.41, 5.74) is -0.966. The van der Waals surface area contributed by atoms with Crippen molar-refractivity contribution in [3.8, 4) is 0 Å². The Labute approximate surface area is 102 Å². The zero-order chi connectivity index (χ0) is 13.6. The third-order valence-corrected chi connectivity index (χ3v) is 2.47. The number of aliphatic carboxylic acids is 1. The predicted molar refractivity (Wildman–Crippen MR) is 66.9 cm³/mol. The van der Waals surface area contributed by atoms with Gasteiger partial charge in [0, 0.05) is 19.1 Å². The summed E-state index contributed by atoms with van der Waals surface area (Å²) >= 11 is 0. The Morgan fingerprint density at radius 3 is 2.35 bits per heavy atom. The number of nitrogens with one attached hydrogen (secondary N) is 1. The topological polar surface area (TPSA) is 69.6 Å². The molecular formula is C12H22N2O3. The first-order valence-corrected chi connectivity index (χ1v) is 5.61.